The SMILES string of the molecule is CC(C)(c1cc(-c2cccc(C3C=[C]C=CC3)c2)c2ncccc2c1)S(C)(=O)=O. The van der Waals surface area contributed by atoms with E-state index in [1.54, 1.807) is 20.0 Å². The summed E-state index contributed by atoms with van der Waals surface area (Å²) in [7, 11) is -3.29. The molecule has 1 unspecified atom stereocenters. The largest absolute Gasteiger partial charge is 0.256 e. The minimum Gasteiger partial charge on any atom is -0.256 e. The first-order valence-corrected chi connectivity index (χ1v) is 11.6. The fourth-order valence-electron chi connectivity index (χ4n) is 3.67. The minimum atomic E-state index is -3.29. The first-order valence-electron chi connectivity index (χ1n) is 9.71. The van der Waals surface area contributed by atoms with Crippen LogP contribution in [0.3, 0.4) is 0 Å². The van der Waals surface area contributed by atoms with Gasteiger partial charge in [0.2, 0.25) is 0 Å². The number of rotatable bonds is 4. The standard InChI is InChI=1S/C25H24NO2S/c1-25(2,29(3,27)28)22-16-21-13-8-14-26-24(21)23(17-22)20-12-7-11-19(15-20)18-9-5-4-6-10-18/h4-5,7-8,10-18H,9H2,1-3H3. The molecule has 1 aliphatic carbocycles. The van der Waals surface area contributed by atoms with Crippen LogP contribution < -0.4 is 0 Å². The Balaban J connectivity index is 1.92. The van der Waals surface area contributed by atoms with Crippen molar-refractivity contribution < 1.29 is 8.42 Å². The summed E-state index contributed by atoms with van der Waals surface area (Å²) in [5.74, 6) is 0.301. The van der Waals surface area contributed by atoms with Gasteiger partial charge in [-0.25, -0.2) is 8.42 Å². The van der Waals surface area contributed by atoms with Crippen molar-refractivity contribution in [3.8, 4) is 11.1 Å². The van der Waals surface area contributed by atoms with Crippen LogP contribution in [0.15, 0.2) is 73.0 Å². The Morgan fingerprint density at radius 1 is 1.10 bits per heavy atom. The van der Waals surface area contributed by atoms with Gasteiger partial charge in [0.25, 0.3) is 0 Å². The van der Waals surface area contributed by atoms with E-state index >= 15 is 0 Å². The number of sulfone groups is 1. The Bertz CT molecular complexity index is 1240. The van der Waals surface area contributed by atoms with Gasteiger partial charge < -0.3 is 0 Å². The van der Waals surface area contributed by atoms with Crippen LogP contribution in [0.25, 0.3) is 22.0 Å². The third kappa shape index (κ3) is 3.65. The molecular formula is C25H24NO2S. The maximum Gasteiger partial charge on any atom is 0.156 e. The van der Waals surface area contributed by atoms with Crippen molar-refractivity contribution in [1.29, 1.82) is 0 Å². The average Bonchev–Trinajstić information content (AvgIpc) is 2.73. The number of pyridine rings is 1. The van der Waals surface area contributed by atoms with E-state index in [1.807, 2.05) is 30.3 Å². The molecule has 3 nitrogen and oxygen atoms in total. The van der Waals surface area contributed by atoms with Crippen molar-refractivity contribution in [3.05, 3.63) is 90.2 Å². The lowest BCUT2D eigenvalue weighted by molar-refractivity contribution is 0.561. The predicted molar refractivity (Wildman–Crippen MR) is 119 cm³/mol. The Kier molecular flexibility index (Phi) is 4.91. The first-order chi connectivity index (χ1) is 13.8. The van der Waals surface area contributed by atoms with E-state index in [-0.39, 0.29) is 0 Å². The molecule has 0 bridgehead atoms. The van der Waals surface area contributed by atoms with Crippen LogP contribution in [-0.4, -0.2) is 19.7 Å². The van der Waals surface area contributed by atoms with Gasteiger partial charge in [0, 0.05) is 29.3 Å². The summed E-state index contributed by atoms with van der Waals surface area (Å²) in [6.45, 7) is 3.52. The second kappa shape index (κ2) is 7.27. The van der Waals surface area contributed by atoms with E-state index in [0.717, 1.165) is 34.0 Å². The van der Waals surface area contributed by atoms with Gasteiger partial charge in [0.1, 0.15) is 0 Å². The van der Waals surface area contributed by atoms with Crippen molar-refractivity contribution in [2.45, 2.75) is 30.9 Å². The number of benzene rings is 2. The summed E-state index contributed by atoms with van der Waals surface area (Å²) < 4.78 is 23.9. The van der Waals surface area contributed by atoms with Crippen molar-refractivity contribution in [2.24, 2.45) is 0 Å². The molecule has 0 fully saturated rings. The molecule has 1 heterocycles. The maximum absolute atomic E-state index is 12.5. The summed E-state index contributed by atoms with van der Waals surface area (Å²) in [6.07, 6.45) is 13.4. The molecule has 1 atom stereocenters. The number of allylic oxidation sites excluding steroid dienone is 4. The average molecular weight is 403 g/mol. The number of hydrogen-bond acceptors (Lipinski definition) is 3. The predicted octanol–water partition coefficient (Wildman–Crippen LogP) is 5.58. The number of nitrogens with zero attached hydrogens (tertiary/aromatic N) is 1. The third-order valence-corrected chi connectivity index (χ3v) is 7.94. The zero-order chi connectivity index (χ0) is 20.6. The van der Waals surface area contributed by atoms with Gasteiger partial charge >= 0.3 is 0 Å². The molecule has 147 valence electrons. The molecule has 0 saturated heterocycles. The molecule has 4 heteroatoms. The van der Waals surface area contributed by atoms with Crippen LogP contribution in [0.2, 0.25) is 0 Å². The summed E-state index contributed by atoms with van der Waals surface area (Å²) in [4.78, 5) is 4.60. The van der Waals surface area contributed by atoms with E-state index in [0.29, 0.717) is 5.92 Å². The van der Waals surface area contributed by atoms with Crippen LogP contribution >= 0.6 is 0 Å². The van der Waals surface area contributed by atoms with E-state index in [1.165, 1.54) is 11.8 Å². The van der Waals surface area contributed by atoms with Gasteiger partial charge in [-0.1, -0.05) is 48.6 Å². The van der Waals surface area contributed by atoms with Crippen LogP contribution in [-0.2, 0) is 14.6 Å². The van der Waals surface area contributed by atoms with Crippen molar-refractivity contribution in [2.75, 3.05) is 6.26 Å². The Hall–Kier alpha value is -2.72. The topological polar surface area (TPSA) is 47.0 Å². The molecule has 4 rings (SSSR count). The van der Waals surface area contributed by atoms with Gasteiger partial charge in [-0.05, 0) is 61.2 Å². The molecule has 29 heavy (non-hydrogen) atoms. The van der Waals surface area contributed by atoms with Crippen molar-refractivity contribution in [1.82, 2.24) is 4.98 Å². The maximum atomic E-state index is 12.5. The van der Waals surface area contributed by atoms with Crippen molar-refractivity contribution >= 4 is 20.7 Å². The van der Waals surface area contributed by atoms with E-state index < -0.39 is 14.6 Å². The zero-order valence-electron chi connectivity index (χ0n) is 16.9. The van der Waals surface area contributed by atoms with Crippen LogP contribution in [0.5, 0.6) is 0 Å². The fourth-order valence-corrected chi connectivity index (χ4v) is 4.21. The van der Waals surface area contributed by atoms with E-state index in [2.05, 4.69) is 47.5 Å². The molecular weight excluding hydrogens is 378 g/mol. The van der Waals surface area contributed by atoms with Gasteiger partial charge in [-0.3, -0.25) is 4.98 Å². The van der Waals surface area contributed by atoms with Gasteiger partial charge in [-0.15, -0.1) is 0 Å². The van der Waals surface area contributed by atoms with Crippen LogP contribution in [0.4, 0.5) is 0 Å². The van der Waals surface area contributed by atoms with E-state index in [9.17, 15) is 8.42 Å². The molecule has 0 aliphatic heterocycles. The van der Waals surface area contributed by atoms with Gasteiger partial charge in [-0.2, -0.15) is 0 Å². The van der Waals surface area contributed by atoms with Crippen LogP contribution in [0, 0.1) is 6.08 Å². The molecule has 1 aliphatic rings. The minimum absolute atomic E-state index is 0.301. The Labute approximate surface area is 172 Å². The number of hydrogen-bond donors (Lipinski definition) is 0. The second-order valence-electron chi connectivity index (χ2n) is 8.08. The molecule has 2 aromatic carbocycles. The fraction of sp³-hybridized carbons (Fsp3) is 0.240. The lowest BCUT2D eigenvalue weighted by Crippen LogP contribution is -2.28. The summed E-state index contributed by atoms with van der Waals surface area (Å²) in [5, 5.41) is 0.941. The highest BCUT2D eigenvalue weighted by Gasteiger charge is 2.33. The Morgan fingerprint density at radius 2 is 1.93 bits per heavy atom. The highest BCUT2D eigenvalue weighted by Crippen LogP contribution is 2.37. The number of fused-ring (bicyclic) bond motifs is 1. The van der Waals surface area contributed by atoms with Gasteiger partial charge in [0.15, 0.2) is 9.84 Å². The Morgan fingerprint density at radius 3 is 2.66 bits per heavy atom. The van der Waals surface area contributed by atoms with Crippen LogP contribution in [0.1, 0.15) is 37.3 Å². The first kappa shape index (κ1) is 19.6. The lowest BCUT2D eigenvalue weighted by atomic mass is 9.89. The molecule has 0 spiro atoms. The number of aromatic nitrogens is 1. The lowest BCUT2D eigenvalue weighted by Gasteiger charge is -2.24. The summed E-state index contributed by atoms with van der Waals surface area (Å²) >= 11 is 0. The molecule has 0 N–H and O–H groups in total. The quantitative estimate of drug-likeness (QED) is 0.572. The summed E-state index contributed by atoms with van der Waals surface area (Å²) in [5.41, 5.74) is 4.87. The molecule has 0 saturated carbocycles. The van der Waals surface area contributed by atoms with Crippen molar-refractivity contribution in [3.63, 3.8) is 0 Å². The molecule has 1 aromatic heterocycles. The van der Waals surface area contributed by atoms with Gasteiger partial charge in [0.05, 0.1) is 10.3 Å². The third-order valence-electron chi connectivity index (χ3n) is 5.85. The highest BCUT2D eigenvalue weighted by molar-refractivity contribution is 7.91. The zero-order valence-corrected chi connectivity index (χ0v) is 17.7. The molecule has 1 radical (unpaired) electrons. The normalized spacial score (nSPS) is 17.0. The molecule has 0 amide bonds. The molecule has 3 aromatic rings. The summed E-state index contributed by atoms with van der Waals surface area (Å²) in [6, 6.07) is 16.2. The smallest absolute Gasteiger partial charge is 0.156 e. The monoisotopic (exact) mass is 402 g/mol. The second-order valence-corrected chi connectivity index (χ2v) is 10.6. The van der Waals surface area contributed by atoms with E-state index in [4.69, 9.17) is 0 Å². The highest BCUT2D eigenvalue weighted by atomic mass is 32.2.